The van der Waals surface area contributed by atoms with E-state index >= 15 is 0 Å². The van der Waals surface area contributed by atoms with E-state index in [4.69, 9.17) is 5.11 Å². The molecule has 0 aliphatic carbocycles. The predicted molar refractivity (Wildman–Crippen MR) is 42.2 cm³/mol. The normalized spacial score (nSPS) is 25.9. The summed E-state index contributed by atoms with van der Waals surface area (Å²) in [5.74, 6) is -1.44. The average Bonchev–Trinajstić information content (AvgIpc) is 2.30. The molecular formula is C6H11NO4S. The van der Waals surface area contributed by atoms with Gasteiger partial charge in [-0.1, -0.05) is 0 Å². The summed E-state index contributed by atoms with van der Waals surface area (Å²) in [7, 11) is -3.20. The zero-order chi connectivity index (χ0) is 9.35. The highest BCUT2D eigenvalue weighted by Crippen LogP contribution is 2.18. The molecule has 0 aromatic rings. The fourth-order valence-corrected chi connectivity index (χ4v) is 2.12. The van der Waals surface area contributed by atoms with E-state index in [9.17, 15) is 13.2 Å². The Bertz CT molecular complexity index is 284. The first-order valence-corrected chi connectivity index (χ1v) is 5.44. The first kappa shape index (κ1) is 9.47. The van der Waals surface area contributed by atoms with E-state index in [-0.39, 0.29) is 6.54 Å². The van der Waals surface area contributed by atoms with Crippen LogP contribution in [0, 0.1) is 5.92 Å². The van der Waals surface area contributed by atoms with E-state index in [0.29, 0.717) is 13.0 Å². The van der Waals surface area contributed by atoms with Gasteiger partial charge >= 0.3 is 5.97 Å². The van der Waals surface area contributed by atoms with Gasteiger partial charge in [0.1, 0.15) is 0 Å². The Hall–Kier alpha value is -0.620. The van der Waals surface area contributed by atoms with E-state index in [1.807, 2.05) is 0 Å². The van der Waals surface area contributed by atoms with E-state index in [0.717, 1.165) is 6.26 Å². The largest absolute Gasteiger partial charge is 0.481 e. The lowest BCUT2D eigenvalue weighted by atomic mass is 10.1. The summed E-state index contributed by atoms with van der Waals surface area (Å²) in [6.07, 6.45) is 1.51. The molecule has 0 unspecified atom stereocenters. The molecule has 70 valence electrons. The molecule has 0 spiro atoms. The van der Waals surface area contributed by atoms with Gasteiger partial charge in [-0.3, -0.25) is 4.79 Å². The summed E-state index contributed by atoms with van der Waals surface area (Å²) in [5.41, 5.74) is 0. The number of sulfonamides is 1. The first-order chi connectivity index (χ1) is 5.41. The highest BCUT2D eigenvalue weighted by molar-refractivity contribution is 7.88. The van der Waals surface area contributed by atoms with Gasteiger partial charge in [0.15, 0.2) is 0 Å². The van der Waals surface area contributed by atoms with Gasteiger partial charge in [-0.25, -0.2) is 12.7 Å². The van der Waals surface area contributed by atoms with Crippen LogP contribution >= 0.6 is 0 Å². The fourth-order valence-electron chi connectivity index (χ4n) is 1.23. The van der Waals surface area contributed by atoms with Crippen LogP contribution in [0.15, 0.2) is 0 Å². The quantitative estimate of drug-likeness (QED) is 0.632. The van der Waals surface area contributed by atoms with Crippen molar-refractivity contribution in [3.8, 4) is 0 Å². The third-order valence-electron chi connectivity index (χ3n) is 1.97. The summed E-state index contributed by atoms with van der Waals surface area (Å²) in [6.45, 7) is 0.448. The molecule has 6 heteroatoms. The standard InChI is InChI=1S/C6H11NO4S/c1-12(10,11)7-3-2-5(4-7)6(8)9/h5H,2-4H2,1H3,(H,8,9)/t5-/m1/s1. The Kier molecular flexibility index (Phi) is 2.39. The lowest BCUT2D eigenvalue weighted by molar-refractivity contribution is -0.141. The second kappa shape index (κ2) is 3.02. The minimum Gasteiger partial charge on any atom is -0.481 e. The number of carboxylic acids is 1. The molecule has 12 heavy (non-hydrogen) atoms. The Morgan fingerprint density at radius 1 is 1.58 bits per heavy atom. The van der Waals surface area contributed by atoms with Crippen molar-refractivity contribution < 1.29 is 18.3 Å². The number of aliphatic carboxylic acids is 1. The minimum atomic E-state index is -3.20. The van der Waals surface area contributed by atoms with Crippen LogP contribution in [-0.4, -0.2) is 43.1 Å². The highest BCUT2D eigenvalue weighted by atomic mass is 32.2. The van der Waals surface area contributed by atoms with Crippen molar-refractivity contribution in [3.05, 3.63) is 0 Å². The molecule has 0 radical (unpaired) electrons. The van der Waals surface area contributed by atoms with Crippen molar-refractivity contribution in [2.45, 2.75) is 6.42 Å². The summed E-state index contributed by atoms with van der Waals surface area (Å²) < 4.78 is 23.1. The van der Waals surface area contributed by atoms with Crippen LogP contribution in [0.2, 0.25) is 0 Å². The van der Waals surface area contributed by atoms with Crippen molar-refractivity contribution in [1.29, 1.82) is 0 Å². The van der Waals surface area contributed by atoms with Crippen molar-refractivity contribution in [3.63, 3.8) is 0 Å². The van der Waals surface area contributed by atoms with Gasteiger partial charge in [-0.05, 0) is 6.42 Å². The molecule has 0 amide bonds. The predicted octanol–water partition coefficient (Wildman–Crippen LogP) is -0.648. The summed E-state index contributed by atoms with van der Waals surface area (Å²) in [6, 6.07) is 0. The molecule has 1 fully saturated rings. The number of rotatable bonds is 2. The van der Waals surface area contributed by atoms with E-state index in [2.05, 4.69) is 0 Å². The molecular weight excluding hydrogens is 182 g/mol. The Balaban J connectivity index is 2.64. The molecule has 5 nitrogen and oxygen atoms in total. The number of hydrogen-bond acceptors (Lipinski definition) is 3. The maximum Gasteiger partial charge on any atom is 0.307 e. The van der Waals surface area contributed by atoms with Crippen LogP contribution in [0.4, 0.5) is 0 Å². The van der Waals surface area contributed by atoms with Crippen molar-refractivity contribution >= 4 is 16.0 Å². The van der Waals surface area contributed by atoms with Gasteiger partial charge in [-0.2, -0.15) is 0 Å². The third kappa shape index (κ3) is 1.95. The maximum absolute atomic E-state index is 10.9. The van der Waals surface area contributed by atoms with Gasteiger partial charge in [0.25, 0.3) is 0 Å². The third-order valence-corrected chi connectivity index (χ3v) is 3.24. The molecule has 1 aliphatic rings. The zero-order valence-electron chi connectivity index (χ0n) is 6.73. The number of nitrogens with zero attached hydrogens (tertiary/aromatic N) is 1. The summed E-state index contributed by atoms with van der Waals surface area (Å²) in [4.78, 5) is 10.5. The monoisotopic (exact) mass is 193 g/mol. The van der Waals surface area contributed by atoms with Crippen LogP contribution in [-0.2, 0) is 14.8 Å². The molecule has 0 bridgehead atoms. The molecule has 0 saturated carbocycles. The maximum atomic E-state index is 10.9. The molecule has 1 atom stereocenters. The molecule has 1 N–H and O–H groups in total. The summed E-state index contributed by atoms with van der Waals surface area (Å²) >= 11 is 0. The zero-order valence-corrected chi connectivity index (χ0v) is 7.54. The lowest BCUT2D eigenvalue weighted by Gasteiger charge is -2.10. The number of carbonyl (C=O) groups is 1. The smallest absolute Gasteiger partial charge is 0.307 e. The highest BCUT2D eigenvalue weighted by Gasteiger charge is 2.32. The second-order valence-corrected chi connectivity index (χ2v) is 4.93. The van der Waals surface area contributed by atoms with E-state index in [1.54, 1.807) is 0 Å². The Morgan fingerprint density at radius 3 is 2.42 bits per heavy atom. The lowest BCUT2D eigenvalue weighted by Crippen LogP contribution is -2.28. The topological polar surface area (TPSA) is 74.7 Å². The van der Waals surface area contributed by atoms with Gasteiger partial charge in [-0.15, -0.1) is 0 Å². The average molecular weight is 193 g/mol. The Labute approximate surface area is 71.0 Å². The molecule has 0 aromatic carbocycles. The molecule has 1 saturated heterocycles. The van der Waals surface area contributed by atoms with Gasteiger partial charge in [0.05, 0.1) is 12.2 Å². The van der Waals surface area contributed by atoms with Gasteiger partial charge < -0.3 is 5.11 Å². The first-order valence-electron chi connectivity index (χ1n) is 3.59. The minimum absolute atomic E-state index is 0.119. The molecule has 1 heterocycles. The van der Waals surface area contributed by atoms with E-state index < -0.39 is 21.9 Å². The van der Waals surface area contributed by atoms with Crippen LogP contribution in [0.5, 0.6) is 0 Å². The second-order valence-electron chi connectivity index (χ2n) is 2.94. The van der Waals surface area contributed by atoms with Crippen LogP contribution in [0.1, 0.15) is 6.42 Å². The molecule has 1 aliphatic heterocycles. The number of hydrogen-bond donors (Lipinski definition) is 1. The van der Waals surface area contributed by atoms with Crippen molar-refractivity contribution in [2.24, 2.45) is 5.92 Å². The number of carboxylic acid groups (broad SMARTS) is 1. The van der Waals surface area contributed by atoms with E-state index in [1.165, 1.54) is 4.31 Å². The van der Waals surface area contributed by atoms with Crippen molar-refractivity contribution in [2.75, 3.05) is 19.3 Å². The SMILES string of the molecule is CS(=O)(=O)N1CC[C@@H](C(=O)O)C1. The molecule has 0 aromatic heterocycles. The fraction of sp³-hybridized carbons (Fsp3) is 0.833. The molecule has 1 rings (SSSR count). The van der Waals surface area contributed by atoms with Crippen LogP contribution < -0.4 is 0 Å². The van der Waals surface area contributed by atoms with Crippen LogP contribution in [0.25, 0.3) is 0 Å². The Morgan fingerprint density at radius 2 is 2.17 bits per heavy atom. The van der Waals surface area contributed by atoms with Crippen molar-refractivity contribution in [1.82, 2.24) is 4.31 Å². The van der Waals surface area contributed by atoms with Gasteiger partial charge in [0, 0.05) is 13.1 Å². The van der Waals surface area contributed by atoms with Gasteiger partial charge in [0.2, 0.25) is 10.0 Å². The van der Waals surface area contributed by atoms with Crippen LogP contribution in [0.3, 0.4) is 0 Å². The summed E-state index contributed by atoms with van der Waals surface area (Å²) in [5, 5.41) is 8.58.